The maximum atomic E-state index is 10.1. The average Bonchev–Trinajstić information content (AvgIpc) is 3.72. The molecule has 3 heteroatoms. The van der Waals surface area contributed by atoms with Crippen molar-refractivity contribution >= 4 is 67.7 Å². The lowest BCUT2D eigenvalue weighted by Crippen LogP contribution is -2.74. The van der Waals surface area contributed by atoms with Gasteiger partial charge in [-0.25, -0.2) is 0 Å². The van der Waals surface area contributed by atoms with E-state index >= 15 is 0 Å². The fraction of sp³-hybridized carbons (Fsp3) is 0.0182. The molecule has 1 spiro atoms. The molecule has 58 heavy (non-hydrogen) atoms. The highest BCUT2D eigenvalue weighted by molar-refractivity contribution is 7.19. The summed E-state index contributed by atoms with van der Waals surface area (Å²) in [5, 5.41) is 4.95. The Bertz CT molecular complexity index is 3440. The Labute approximate surface area is 349 Å². The molecule has 3 heterocycles. The molecule has 0 atom stereocenters. The Morgan fingerprint density at radius 2 is 0.897 bits per heavy atom. The number of aromatic nitrogens is 1. The van der Waals surface area contributed by atoms with E-state index < -0.39 is 25.6 Å². The molecule has 2 aliphatic rings. The van der Waals surface area contributed by atoms with E-state index in [9.17, 15) is 6.85 Å². The van der Waals surface area contributed by atoms with Crippen molar-refractivity contribution in [3.8, 4) is 5.69 Å². The maximum absolute atomic E-state index is 10.1. The van der Waals surface area contributed by atoms with E-state index in [1.165, 1.54) is 15.6 Å². The third-order valence-corrected chi connectivity index (χ3v) is 17.2. The van der Waals surface area contributed by atoms with Gasteiger partial charge in [0, 0.05) is 16.5 Å². The number of hydrogen-bond acceptors (Lipinski definition) is 1. The van der Waals surface area contributed by atoms with Gasteiger partial charge in [0.1, 0.15) is 0 Å². The van der Waals surface area contributed by atoms with Crippen LogP contribution in [-0.2, 0) is 5.41 Å². The van der Waals surface area contributed by atoms with Crippen molar-refractivity contribution in [3.63, 3.8) is 0 Å². The van der Waals surface area contributed by atoms with Gasteiger partial charge in [-0.3, -0.25) is 0 Å². The number of hydrogen-bond donors (Lipinski definition) is 0. The van der Waals surface area contributed by atoms with Crippen LogP contribution in [0.2, 0.25) is 0 Å². The van der Waals surface area contributed by atoms with Crippen LogP contribution in [0.4, 0.5) is 17.1 Å². The van der Waals surface area contributed by atoms with E-state index in [2.05, 4.69) is 132 Å². The number of anilines is 3. The predicted molar refractivity (Wildman–Crippen MR) is 245 cm³/mol. The Hall–Kier alpha value is -7.20. The molecule has 0 aliphatic carbocycles. The molecule has 0 saturated heterocycles. The Kier molecular flexibility index (Phi) is 5.81. The molecule has 10 aromatic rings. The lowest BCUT2D eigenvalue weighted by Gasteiger charge is -2.49. The topological polar surface area (TPSA) is 8.17 Å². The summed E-state index contributed by atoms with van der Waals surface area (Å²) in [5.74, 6) is 0. The molecular formula is C55H38N2Si. The summed E-state index contributed by atoms with van der Waals surface area (Å²) < 4.78 is 68.3. The molecule has 0 amide bonds. The lowest BCUT2D eigenvalue weighted by atomic mass is 9.60. The summed E-state index contributed by atoms with van der Waals surface area (Å²) in [5.41, 5.74) is 5.82. The minimum Gasteiger partial charge on any atom is -0.310 e. The predicted octanol–water partition coefficient (Wildman–Crippen LogP) is 10.6. The van der Waals surface area contributed by atoms with Crippen molar-refractivity contribution in [2.45, 2.75) is 5.41 Å². The van der Waals surface area contributed by atoms with Gasteiger partial charge in [-0.05, 0) is 79.4 Å². The van der Waals surface area contributed by atoms with Gasteiger partial charge in [-0.1, -0.05) is 194 Å². The van der Waals surface area contributed by atoms with E-state index in [-0.39, 0.29) is 46.5 Å². The summed E-state index contributed by atoms with van der Waals surface area (Å²) >= 11 is 0. The van der Waals surface area contributed by atoms with Crippen molar-refractivity contribution in [2.75, 3.05) is 4.90 Å². The van der Waals surface area contributed by atoms with Crippen LogP contribution in [-0.4, -0.2) is 12.6 Å². The van der Waals surface area contributed by atoms with Gasteiger partial charge in [-0.2, -0.15) is 0 Å². The highest BCUT2D eigenvalue weighted by Gasteiger charge is 2.52. The normalized spacial score (nSPS) is 15.3. The standard InChI is InChI=1S/C55H38N2Si/c1-5-20-39(21-6-1)56-51-34-17-14-30-46(51)55(47-31-15-18-35-52(47)56)48-37-36-43(38-53(48)57-50-33-16-13-28-44(50)45-29-19-32-49(55)54(45)57)58(40-22-7-2-8-23-40,41-24-9-3-10-25-41)42-26-11-4-12-27-42/h1-38H/i13D,16D,19D,28D,29D,32D,33D. The number of para-hydroxylation sites is 5. The van der Waals surface area contributed by atoms with Gasteiger partial charge in [0.15, 0.2) is 8.07 Å². The highest BCUT2D eigenvalue weighted by atomic mass is 28.3. The molecule has 2 aliphatic heterocycles. The zero-order valence-corrected chi connectivity index (χ0v) is 32.3. The number of rotatable bonds is 5. The molecular weight excluding hydrogens is 717 g/mol. The van der Waals surface area contributed by atoms with Crippen LogP contribution in [0.5, 0.6) is 0 Å². The van der Waals surface area contributed by atoms with Crippen molar-refractivity contribution in [2.24, 2.45) is 0 Å². The van der Waals surface area contributed by atoms with Crippen LogP contribution < -0.4 is 25.6 Å². The smallest absolute Gasteiger partial charge is 0.179 e. The SMILES string of the molecule is [2H]c1c([2H])c([2H])c2c(c1[2H])c1c([2H])c([2H])c([2H])c3c1n2-c1cc([Si](c2ccccc2)(c2ccccc2)c2ccccc2)ccc1C31c2ccccc2N(c2ccccc2)c2ccccc21. The van der Waals surface area contributed by atoms with Crippen LogP contribution in [0.25, 0.3) is 27.5 Å². The van der Waals surface area contributed by atoms with Gasteiger partial charge in [0.05, 0.1) is 43.1 Å². The first-order chi connectivity index (χ1) is 31.7. The Morgan fingerprint density at radius 3 is 1.50 bits per heavy atom. The van der Waals surface area contributed by atoms with E-state index in [0.717, 1.165) is 38.9 Å². The second-order valence-corrected chi connectivity index (χ2v) is 18.9. The van der Waals surface area contributed by atoms with E-state index in [4.69, 9.17) is 2.74 Å². The number of benzene rings is 9. The van der Waals surface area contributed by atoms with Crippen LogP contribution in [0.15, 0.2) is 230 Å². The second kappa shape index (κ2) is 12.7. The quantitative estimate of drug-likeness (QED) is 0.125. The largest absolute Gasteiger partial charge is 0.310 e. The van der Waals surface area contributed by atoms with E-state index in [0.29, 0.717) is 16.8 Å². The molecule has 0 N–H and O–H groups in total. The molecule has 12 rings (SSSR count). The fourth-order valence-electron chi connectivity index (χ4n) is 10.2. The highest BCUT2D eigenvalue weighted by Crippen LogP contribution is 2.61. The van der Waals surface area contributed by atoms with Gasteiger partial charge < -0.3 is 9.47 Å². The average molecular weight is 762 g/mol. The van der Waals surface area contributed by atoms with Gasteiger partial charge >= 0.3 is 0 Å². The summed E-state index contributed by atoms with van der Waals surface area (Å²) in [4.78, 5) is 2.25. The van der Waals surface area contributed by atoms with Crippen LogP contribution >= 0.6 is 0 Å². The summed E-state index contributed by atoms with van der Waals surface area (Å²) in [7, 11) is -3.19. The molecule has 272 valence electrons. The van der Waals surface area contributed by atoms with Gasteiger partial charge in [0.25, 0.3) is 0 Å². The Morgan fingerprint density at radius 1 is 0.397 bits per heavy atom. The third-order valence-electron chi connectivity index (χ3n) is 12.4. The molecule has 1 aromatic heterocycles. The number of nitrogens with zero attached hydrogens (tertiary/aromatic N) is 2. The van der Waals surface area contributed by atoms with E-state index in [1.54, 1.807) is 0 Å². The van der Waals surface area contributed by atoms with Crippen molar-refractivity contribution in [3.05, 3.63) is 253 Å². The molecule has 9 aromatic carbocycles. The zero-order chi connectivity index (χ0) is 44.4. The fourth-order valence-corrected chi connectivity index (χ4v) is 15.0. The minimum absolute atomic E-state index is 0.129. The maximum Gasteiger partial charge on any atom is 0.179 e. The monoisotopic (exact) mass is 761 g/mol. The van der Waals surface area contributed by atoms with Gasteiger partial charge in [0.2, 0.25) is 0 Å². The molecule has 0 radical (unpaired) electrons. The number of fused-ring (bicyclic) bond motifs is 11. The van der Waals surface area contributed by atoms with E-state index in [1.807, 2.05) is 65.2 Å². The Balaban J connectivity index is 1.34. The first kappa shape index (κ1) is 26.6. The first-order valence-corrected chi connectivity index (χ1v) is 21.6. The molecule has 0 bridgehead atoms. The van der Waals surface area contributed by atoms with Crippen molar-refractivity contribution in [1.82, 2.24) is 4.57 Å². The summed E-state index contributed by atoms with van der Waals surface area (Å²) in [6.45, 7) is 0. The first-order valence-electron chi connectivity index (χ1n) is 23.1. The minimum atomic E-state index is -3.19. The van der Waals surface area contributed by atoms with Crippen molar-refractivity contribution < 1.29 is 9.60 Å². The second-order valence-electron chi connectivity index (χ2n) is 15.1. The van der Waals surface area contributed by atoms with Gasteiger partial charge in [-0.15, -0.1) is 0 Å². The lowest BCUT2D eigenvalue weighted by molar-refractivity contribution is 0.716. The molecule has 2 nitrogen and oxygen atoms in total. The molecule has 0 fully saturated rings. The third kappa shape index (κ3) is 4.31. The van der Waals surface area contributed by atoms with Crippen LogP contribution in [0.1, 0.15) is 31.8 Å². The van der Waals surface area contributed by atoms with Crippen LogP contribution in [0.3, 0.4) is 0 Å². The zero-order valence-electron chi connectivity index (χ0n) is 38.3. The summed E-state index contributed by atoms with van der Waals surface area (Å²) in [6, 6.07) is 63.2. The molecule has 0 saturated carbocycles. The molecule has 0 unspecified atom stereocenters. The summed E-state index contributed by atoms with van der Waals surface area (Å²) in [6.07, 6.45) is 0. The van der Waals surface area contributed by atoms with Crippen LogP contribution in [0, 0.1) is 0 Å². The van der Waals surface area contributed by atoms with Crippen molar-refractivity contribution in [1.29, 1.82) is 0 Å².